The number of aromatic nitrogens is 3. The molecule has 0 amide bonds. The zero-order chi connectivity index (χ0) is 19.2. The third-order valence-electron chi connectivity index (χ3n) is 5.01. The molecule has 0 spiro atoms. The van der Waals surface area contributed by atoms with Gasteiger partial charge in [0.15, 0.2) is 10.8 Å². The molecule has 1 atom stereocenters. The summed E-state index contributed by atoms with van der Waals surface area (Å²) in [5.41, 5.74) is 2.32. The second-order valence-electron chi connectivity index (χ2n) is 6.88. The van der Waals surface area contributed by atoms with Crippen LogP contribution in [0.4, 0.5) is 0 Å². The van der Waals surface area contributed by atoms with E-state index in [0.717, 1.165) is 42.6 Å². The van der Waals surface area contributed by atoms with E-state index in [1.807, 2.05) is 12.1 Å². The summed E-state index contributed by atoms with van der Waals surface area (Å²) in [6.07, 6.45) is 6.03. The minimum Gasteiger partial charge on any atom is -0.497 e. The first-order valence-corrected chi connectivity index (χ1v) is 10.5. The molecular formula is C21H25N5OS. The highest BCUT2D eigenvalue weighted by molar-refractivity contribution is 7.13. The van der Waals surface area contributed by atoms with Crippen molar-refractivity contribution in [3.8, 4) is 16.6 Å². The first-order valence-electron chi connectivity index (χ1n) is 9.64. The number of nitrogens with zero attached hydrogens (tertiary/aromatic N) is 4. The van der Waals surface area contributed by atoms with E-state index in [1.165, 1.54) is 18.4 Å². The molecule has 3 heterocycles. The Balaban J connectivity index is 1.41. The zero-order valence-electron chi connectivity index (χ0n) is 16.0. The Labute approximate surface area is 169 Å². The zero-order valence-corrected chi connectivity index (χ0v) is 16.9. The number of likely N-dealkylation sites (tertiary alicyclic amines) is 1. The van der Waals surface area contributed by atoms with Crippen molar-refractivity contribution >= 4 is 11.3 Å². The van der Waals surface area contributed by atoms with E-state index >= 15 is 0 Å². The average Bonchev–Trinajstić information content (AvgIpc) is 3.44. The lowest BCUT2D eigenvalue weighted by Crippen LogP contribution is -2.34. The second-order valence-corrected chi connectivity index (χ2v) is 7.74. The Morgan fingerprint density at radius 2 is 2.00 bits per heavy atom. The van der Waals surface area contributed by atoms with Gasteiger partial charge in [-0.25, -0.2) is 15.0 Å². The molecule has 7 heteroatoms. The number of hydrogen-bond acceptors (Lipinski definition) is 7. The highest BCUT2D eigenvalue weighted by Crippen LogP contribution is 2.27. The highest BCUT2D eigenvalue weighted by atomic mass is 32.1. The van der Waals surface area contributed by atoms with Crippen LogP contribution in [0, 0.1) is 0 Å². The van der Waals surface area contributed by atoms with Gasteiger partial charge in [0.25, 0.3) is 0 Å². The molecule has 2 aromatic heterocycles. The van der Waals surface area contributed by atoms with Gasteiger partial charge in [-0.15, -0.1) is 11.3 Å². The van der Waals surface area contributed by atoms with Crippen molar-refractivity contribution in [2.24, 2.45) is 0 Å². The molecule has 4 rings (SSSR count). The van der Waals surface area contributed by atoms with E-state index in [2.05, 4.69) is 48.7 Å². The van der Waals surface area contributed by atoms with E-state index < -0.39 is 0 Å². The van der Waals surface area contributed by atoms with Gasteiger partial charge >= 0.3 is 0 Å². The minimum absolute atomic E-state index is 0.341. The molecule has 1 aromatic carbocycles. The topological polar surface area (TPSA) is 63.2 Å². The van der Waals surface area contributed by atoms with E-state index in [4.69, 9.17) is 4.74 Å². The molecule has 146 valence electrons. The molecule has 0 radical (unpaired) electrons. The number of hydrogen-bond donors (Lipinski definition) is 1. The standard InChI is InChI=1S/C21H25N5OS/c1-27-18-7-4-6-16(12-18)19(26-10-2-3-11-26)14-22-13-17-15-28-21(25-17)20-23-8-5-9-24-20/h4-9,12,15,19,22H,2-3,10-11,13-14H2,1H3/t19-/m1/s1. The molecule has 1 saturated heterocycles. The lowest BCUT2D eigenvalue weighted by molar-refractivity contribution is 0.237. The summed E-state index contributed by atoms with van der Waals surface area (Å²) in [5, 5.41) is 6.54. The van der Waals surface area contributed by atoms with Gasteiger partial charge in [-0.2, -0.15) is 0 Å². The first-order chi connectivity index (χ1) is 13.8. The Morgan fingerprint density at radius 1 is 1.18 bits per heavy atom. The lowest BCUT2D eigenvalue weighted by Gasteiger charge is -2.28. The predicted molar refractivity (Wildman–Crippen MR) is 111 cm³/mol. The maximum absolute atomic E-state index is 5.43. The van der Waals surface area contributed by atoms with Crippen LogP contribution in [0.3, 0.4) is 0 Å². The van der Waals surface area contributed by atoms with Crippen LogP contribution in [0.1, 0.15) is 30.1 Å². The van der Waals surface area contributed by atoms with Crippen molar-refractivity contribution in [2.45, 2.75) is 25.4 Å². The normalized spacial score (nSPS) is 15.6. The Morgan fingerprint density at radius 3 is 2.79 bits per heavy atom. The Hall–Kier alpha value is -2.35. The van der Waals surface area contributed by atoms with Crippen LogP contribution in [0.2, 0.25) is 0 Å². The predicted octanol–water partition coefficient (Wildman–Crippen LogP) is 3.54. The molecule has 0 saturated carbocycles. The van der Waals surface area contributed by atoms with Crippen LogP contribution in [0.25, 0.3) is 10.8 Å². The molecule has 6 nitrogen and oxygen atoms in total. The van der Waals surface area contributed by atoms with Crippen LogP contribution in [-0.4, -0.2) is 46.6 Å². The van der Waals surface area contributed by atoms with Crippen molar-refractivity contribution in [3.63, 3.8) is 0 Å². The van der Waals surface area contributed by atoms with Gasteiger partial charge in [0.1, 0.15) is 5.75 Å². The Kier molecular flexibility index (Phi) is 6.26. The molecule has 1 aliphatic rings. The third-order valence-corrected chi connectivity index (χ3v) is 5.90. The monoisotopic (exact) mass is 395 g/mol. The fourth-order valence-electron chi connectivity index (χ4n) is 3.60. The summed E-state index contributed by atoms with van der Waals surface area (Å²) in [4.78, 5) is 15.8. The number of benzene rings is 1. The maximum atomic E-state index is 5.43. The average molecular weight is 396 g/mol. The smallest absolute Gasteiger partial charge is 0.188 e. The molecule has 0 bridgehead atoms. The maximum Gasteiger partial charge on any atom is 0.188 e. The van der Waals surface area contributed by atoms with E-state index in [-0.39, 0.29) is 0 Å². The quantitative estimate of drug-likeness (QED) is 0.629. The summed E-state index contributed by atoms with van der Waals surface area (Å²) in [7, 11) is 1.72. The van der Waals surface area contributed by atoms with Gasteiger partial charge in [-0.3, -0.25) is 4.90 Å². The van der Waals surface area contributed by atoms with Gasteiger partial charge in [0.2, 0.25) is 0 Å². The fraction of sp³-hybridized carbons (Fsp3) is 0.381. The third kappa shape index (κ3) is 4.55. The molecule has 0 aliphatic carbocycles. The van der Waals surface area contributed by atoms with Gasteiger partial charge in [-0.05, 0) is 49.7 Å². The van der Waals surface area contributed by atoms with E-state index in [1.54, 1.807) is 30.8 Å². The molecule has 28 heavy (non-hydrogen) atoms. The summed E-state index contributed by atoms with van der Waals surface area (Å²) >= 11 is 1.59. The van der Waals surface area contributed by atoms with Crippen molar-refractivity contribution in [1.29, 1.82) is 0 Å². The molecule has 1 N–H and O–H groups in total. The van der Waals surface area contributed by atoms with Gasteiger partial charge < -0.3 is 10.1 Å². The summed E-state index contributed by atoms with van der Waals surface area (Å²) in [6, 6.07) is 10.6. The summed E-state index contributed by atoms with van der Waals surface area (Å²) < 4.78 is 5.43. The van der Waals surface area contributed by atoms with Crippen LogP contribution in [0.15, 0.2) is 48.1 Å². The number of rotatable bonds is 8. The van der Waals surface area contributed by atoms with Crippen molar-refractivity contribution in [1.82, 2.24) is 25.2 Å². The molecular weight excluding hydrogens is 370 g/mol. The summed E-state index contributed by atoms with van der Waals surface area (Å²) in [6.45, 7) is 3.91. The Bertz CT molecular complexity index is 879. The van der Waals surface area contributed by atoms with Crippen LogP contribution in [-0.2, 0) is 6.54 Å². The van der Waals surface area contributed by atoms with Crippen molar-refractivity contribution < 1.29 is 4.74 Å². The van der Waals surface area contributed by atoms with Crippen molar-refractivity contribution in [3.05, 3.63) is 59.4 Å². The van der Waals surface area contributed by atoms with E-state index in [0.29, 0.717) is 11.9 Å². The second kappa shape index (κ2) is 9.23. The minimum atomic E-state index is 0.341. The van der Waals surface area contributed by atoms with Gasteiger partial charge in [-0.1, -0.05) is 12.1 Å². The SMILES string of the molecule is COc1cccc([C@@H](CNCc2csc(-c3ncccn3)n2)N2CCCC2)c1. The van der Waals surface area contributed by atoms with Crippen LogP contribution < -0.4 is 10.1 Å². The van der Waals surface area contributed by atoms with Gasteiger partial charge in [0.05, 0.1) is 12.8 Å². The molecule has 0 unspecified atom stereocenters. The van der Waals surface area contributed by atoms with Gasteiger partial charge in [0, 0.05) is 36.9 Å². The van der Waals surface area contributed by atoms with E-state index in [9.17, 15) is 0 Å². The summed E-state index contributed by atoms with van der Waals surface area (Å²) in [5.74, 6) is 1.60. The van der Waals surface area contributed by atoms with Crippen LogP contribution >= 0.6 is 11.3 Å². The number of ether oxygens (including phenoxy) is 1. The molecule has 3 aromatic rings. The molecule has 1 aliphatic heterocycles. The molecule has 1 fully saturated rings. The fourth-order valence-corrected chi connectivity index (χ4v) is 4.36. The lowest BCUT2D eigenvalue weighted by atomic mass is 10.0. The highest BCUT2D eigenvalue weighted by Gasteiger charge is 2.23. The first kappa shape index (κ1) is 19.0. The number of nitrogens with one attached hydrogen (secondary N) is 1. The number of methoxy groups -OCH3 is 1. The largest absolute Gasteiger partial charge is 0.497 e. The van der Waals surface area contributed by atoms with Crippen molar-refractivity contribution in [2.75, 3.05) is 26.7 Å². The van der Waals surface area contributed by atoms with Crippen LogP contribution in [0.5, 0.6) is 5.75 Å². The number of thiazole rings is 1.